The fourth-order valence-corrected chi connectivity index (χ4v) is 3.08. The van der Waals surface area contributed by atoms with Gasteiger partial charge < -0.3 is 4.98 Å². The number of hydrogen-bond donors (Lipinski definition) is 1. The average molecular weight is 311 g/mol. The second-order valence-corrected chi connectivity index (χ2v) is 6.22. The lowest BCUT2D eigenvalue weighted by Crippen LogP contribution is -2.04. The Morgan fingerprint density at radius 1 is 1.53 bits per heavy atom. The molecule has 90 valence electrons. The summed E-state index contributed by atoms with van der Waals surface area (Å²) in [4.78, 5) is 3.22. The van der Waals surface area contributed by atoms with Crippen LogP contribution in [0.4, 0.5) is 0 Å². The van der Waals surface area contributed by atoms with E-state index in [1.165, 1.54) is 18.5 Å². The molecule has 0 bridgehead atoms. The molecule has 0 amide bonds. The van der Waals surface area contributed by atoms with Crippen LogP contribution < -0.4 is 0 Å². The quantitative estimate of drug-likeness (QED) is 0.837. The number of aromatic nitrogens is 1. The van der Waals surface area contributed by atoms with Crippen molar-refractivity contribution in [2.24, 2.45) is 5.92 Å². The van der Waals surface area contributed by atoms with Gasteiger partial charge in [0.05, 0.1) is 5.56 Å². The maximum absolute atomic E-state index is 9.22. The molecular weight excluding hydrogens is 296 g/mol. The van der Waals surface area contributed by atoms with Gasteiger partial charge in [0.2, 0.25) is 0 Å². The monoisotopic (exact) mass is 310 g/mol. The molecule has 17 heavy (non-hydrogen) atoms. The first kappa shape index (κ1) is 12.8. The number of nitrogens with zero attached hydrogens (tertiary/aromatic N) is 1. The minimum atomic E-state index is 0.516. The molecule has 4 heteroatoms. The summed E-state index contributed by atoms with van der Waals surface area (Å²) in [5.41, 5.74) is 2.89. The number of aromatic amines is 1. The number of halogens is 1. The summed E-state index contributed by atoms with van der Waals surface area (Å²) >= 11 is 8.93. The average Bonchev–Trinajstić information content (AvgIpc) is 3.06. The molecular formula is C13H15BrN2S. The van der Waals surface area contributed by atoms with Gasteiger partial charge in [-0.15, -0.1) is 0 Å². The molecule has 1 aromatic rings. The van der Waals surface area contributed by atoms with E-state index < -0.39 is 0 Å². The fraction of sp³-hybridized carbons (Fsp3) is 0.538. The zero-order valence-electron chi connectivity index (χ0n) is 10.0. The van der Waals surface area contributed by atoms with Crippen molar-refractivity contribution < 1.29 is 0 Å². The number of rotatable bonds is 3. The van der Waals surface area contributed by atoms with Gasteiger partial charge in [-0.2, -0.15) is 5.26 Å². The molecule has 0 atom stereocenters. The van der Waals surface area contributed by atoms with Crippen LogP contribution in [0.3, 0.4) is 0 Å². The van der Waals surface area contributed by atoms with E-state index in [1.807, 2.05) is 0 Å². The standard InChI is InChI=1S/C13H15BrN2S/c1-7(2)5-9-10(6-15)13(17)16-12(11(9)14)8-3-4-8/h7-8H,3-5H2,1-2H3,(H,16,17). The Labute approximate surface area is 115 Å². The molecule has 1 aromatic heterocycles. The number of hydrogen-bond acceptors (Lipinski definition) is 2. The van der Waals surface area contributed by atoms with Crippen LogP contribution in [0.25, 0.3) is 0 Å². The maximum Gasteiger partial charge on any atom is 0.121 e. The Morgan fingerprint density at radius 2 is 2.18 bits per heavy atom. The molecule has 0 unspecified atom stereocenters. The molecule has 2 rings (SSSR count). The molecule has 1 saturated carbocycles. The molecule has 1 aliphatic rings. The fourth-order valence-electron chi connectivity index (χ4n) is 2.02. The summed E-state index contributed by atoms with van der Waals surface area (Å²) in [5, 5.41) is 9.22. The van der Waals surface area contributed by atoms with Gasteiger partial charge in [-0.25, -0.2) is 0 Å². The summed E-state index contributed by atoms with van der Waals surface area (Å²) in [6.45, 7) is 4.31. The molecule has 0 aromatic carbocycles. The van der Waals surface area contributed by atoms with Crippen LogP contribution >= 0.6 is 28.1 Å². The first-order chi connectivity index (χ1) is 8.04. The molecule has 0 aliphatic heterocycles. The molecule has 1 N–H and O–H groups in total. The third-order valence-corrected chi connectivity index (χ3v) is 4.20. The van der Waals surface area contributed by atoms with Crippen LogP contribution in [0.2, 0.25) is 0 Å². The largest absolute Gasteiger partial charge is 0.348 e. The third-order valence-electron chi connectivity index (χ3n) is 2.99. The molecule has 1 aliphatic carbocycles. The Morgan fingerprint density at radius 3 is 2.65 bits per heavy atom. The number of pyridine rings is 1. The van der Waals surface area contributed by atoms with Crippen molar-refractivity contribution in [2.75, 3.05) is 0 Å². The van der Waals surface area contributed by atoms with Crippen LogP contribution in [0.5, 0.6) is 0 Å². The first-order valence-corrected chi connectivity index (χ1v) is 7.09. The predicted molar refractivity (Wildman–Crippen MR) is 74.6 cm³/mol. The van der Waals surface area contributed by atoms with Crippen molar-refractivity contribution in [1.82, 2.24) is 4.98 Å². The van der Waals surface area contributed by atoms with Crippen molar-refractivity contribution in [3.8, 4) is 6.07 Å². The molecule has 1 heterocycles. The van der Waals surface area contributed by atoms with Gasteiger partial charge in [-0.05, 0) is 46.7 Å². The van der Waals surface area contributed by atoms with Gasteiger partial charge >= 0.3 is 0 Å². The van der Waals surface area contributed by atoms with Gasteiger partial charge in [0, 0.05) is 16.1 Å². The highest BCUT2D eigenvalue weighted by atomic mass is 79.9. The highest BCUT2D eigenvalue weighted by molar-refractivity contribution is 9.10. The summed E-state index contributed by atoms with van der Waals surface area (Å²) in [6.07, 6.45) is 3.33. The van der Waals surface area contributed by atoms with E-state index in [9.17, 15) is 5.26 Å². The van der Waals surface area contributed by atoms with Crippen LogP contribution in [-0.2, 0) is 6.42 Å². The van der Waals surface area contributed by atoms with E-state index in [0.29, 0.717) is 22.0 Å². The van der Waals surface area contributed by atoms with E-state index in [4.69, 9.17) is 12.2 Å². The summed E-state index contributed by atoms with van der Waals surface area (Å²) in [6, 6.07) is 2.23. The smallest absolute Gasteiger partial charge is 0.121 e. The lowest BCUT2D eigenvalue weighted by Gasteiger charge is -2.13. The Kier molecular flexibility index (Phi) is 3.70. The Bertz CT molecular complexity index is 536. The third kappa shape index (κ3) is 2.61. The molecule has 0 saturated heterocycles. The van der Waals surface area contributed by atoms with Crippen LogP contribution in [0.15, 0.2) is 4.47 Å². The molecule has 2 nitrogen and oxygen atoms in total. The second kappa shape index (κ2) is 4.91. The highest BCUT2D eigenvalue weighted by Crippen LogP contribution is 2.43. The Balaban J connectivity index is 2.59. The highest BCUT2D eigenvalue weighted by Gasteiger charge is 2.28. The van der Waals surface area contributed by atoms with Gasteiger partial charge in [-0.1, -0.05) is 26.1 Å². The minimum Gasteiger partial charge on any atom is -0.348 e. The number of nitriles is 1. The number of H-pyrrole nitrogens is 1. The normalized spacial score (nSPS) is 15.0. The van der Waals surface area contributed by atoms with Crippen LogP contribution in [0.1, 0.15) is 49.4 Å². The lowest BCUT2D eigenvalue weighted by molar-refractivity contribution is 0.642. The van der Waals surface area contributed by atoms with Crippen molar-refractivity contribution in [3.05, 3.63) is 25.9 Å². The minimum absolute atomic E-state index is 0.516. The number of nitrogens with one attached hydrogen (secondary N) is 1. The molecule has 0 radical (unpaired) electrons. The van der Waals surface area contributed by atoms with Crippen molar-refractivity contribution >= 4 is 28.1 Å². The van der Waals surface area contributed by atoms with Crippen molar-refractivity contribution in [3.63, 3.8) is 0 Å². The molecule has 1 fully saturated rings. The van der Waals surface area contributed by atoms with Gasteiger partial charge in [-0.3, -0.25) is 0 Å². The first-order valence-electron chi connectivity index (χ1n) is 5.89. The van der Waals surface area contributed by atoms with Crippen molar-refractivity contribution in [2.45, 2.75) is 39.0 Å². The van der Waals surface area contributed by atoms with E-state index in [2.05, 4.69) is 40.8 Å². The van der Waals surface area contributed by atoms with E-state index in [0.717, 1.165) is 16.5 Å². The summed E-state index contributed by atoms with van der Waals surface area (Å²) in [5.74, 6) is 1.12. The summed E-state index contributed by atoms with van der Waals surface area (Å²) in [7, 11) is 0. The molecule has 0 spiro atoms. The predicted octanol–water partition coefficient (Wildman–Crippen LogP) is 4.45. The van der Waals surface area contributed by atoms with E-state index >= 15 is 0 Å². The second-order valence-electron chi connectivity index (χ2n) is 5.02. The van der Waals surface area contributed by atoms with Gasteiger partial charge in [0.15, 0.2) is 0 Å². The topological polar surface area (TPSA) is 39.6 Å². The van der Waals surface area contributed by atoms with Crippen LogP contribution in [-0.4, -0.2) is 4.98 Å². The van der Waals surface area contributed by atoms with Crippen molar-refractivity contribution in [1.29, 1.82) is 5.26 Å². The SMILES string of the molecule is CC(C)Cc1c(Br)c(C2CC2)[nH]c(=S)c1C#N. The summed E-state index contributed by atoms with van der Waals surface area (Å²) < 4.78 is 1.66. The maximum atomic E-state index is 9.22. The van der Waals surface area contributed by atoms with E-state index in [1.54, 1.807) is 0 Å². The van der Waals surface area contributed by atoms with Gasteiger partial charge in [0.1, 0.15) is 10.7 Å². The Hall–Kier alpha value is -0.660. The lowest BCUT2D eigenvalue weighted by atomic mass is 9.98. The van der Waals surface area contributed by atoms with Gasteiger partial charge in [0.25, 0.3) is 0 Å². The van der Waals surface area contributed by atoms with Crippen LogP contribution in [0, 0.1) is 21.9 Å². The van der Waals surface area contributed by atoms with E-state index in [-0.39, 0.29) is 0 Å². The zero-order chi connectivity index (χ0) is 12.6. The zero-order valence-corrected chi connectivity index (χ0v) is 12.4.